The molecule has 1 aliphatic rings. The van der Waals surface area contributed by atoms with Gasteiger partial charge in [-0.25, -0.2) is 0 Å². The summed E-state index contributed by atoms with van der Waals surface area (Å²) in [7, 11) is 1.03. The molecule has 114 valence electrons. The third-order valence-corrected chi connectivity index (χ3v) is 5.88. The Bertz CT molecular complexity index is 586. The van der Waals surface area contributed by atoms with Crippen molar-refractivity contribution >= 4 is 21.8 Å². The van der Waals surface area contributed by atoms with Gasteiger partial charge in [-0.15, -0.1) is 0 Å². The first kappa shape index (κ1) is 14.8. The molecule has 1 N–H and O–H groups in total. The van der Waals surface area contributed by atoms with Crippen LogP contribution >= 0.6 is 0 Å². The highest BCUT2D eigenvalue weighted by molar-refractivity contribution is 7.85. The van der Waals surface area contributed by atoms with Crippen molar-refractivity contribution < 1.29 is 13.4 Å². The minimum Gasteiger partial charge on any atom is -0.459 e. The van der Waals surface area contributed by atoms with E-state index in [9.17, 15) is 4.21 Å². The van der Waals surface area contributed by atoms with Gasteiger partial charge in [-0.3, -0.25) is 4.21 Å². The van der Waals surface area contributed by atoms with Gasteiger partial charge in [-0.2, -0.15) is 0 Å². The standard InChI is InChI=1S/C16H21NO3S/c1-17-14(11-21(18)13-6-8-19-9-7-13)16-10-12-4-2-3-5-15(12)20-16/h2-5,10,13-14,17H,6-9,11H2,1H3. The van der Waals surface area contributed by atoms with Crippen LogP contribution in [-0.4, -0.2) is 35.5 Å². The maximum Gasteiger partial charge on any atom is 0.134 e. The van der Waals surface area contributed by atoms with Crippen LogP contribution in [0.4, 0.5) is 0 Å². The summed E-state index contributed by atoms with van der Waals surface area (Å²) in [5, 5.41) is 4.57. The molecule has 21 heavy (non-hydrogen) atoms. The average molecular weight is 307 g/mol. The number of nitrogens with one attached hydrogen (secondary N) is 1. The maximum atomic E-state index is 12.5. The first-order valence-corrected chi connectivity index (χ1v) is 8.77. The fraction of sp³-hybridized carbons (Fsp3) is 0.500. The summed E-state index contributed by atoms with van der Waals surface area (Å²) in [6.07, 6.45) is 1.78. The molecule has 3 rings (SSSR count). The predicted molar refractivity (Wildman–Crippen MR) is 84.9 cm³/mol. The molecule has 2 heterocycles. The molecule has 2 unspecified atom stereocenters. The fourth-order valence-corrected chi connectivity index (χ4v) is 4.37. The molecule has 1 fully saturated rings. The molecule has 0 bridgehead atoms. The van der Waals surface area contributed by atoms with Gasteiger partial charge in [-0.05, 0) is 32.0 Å². The lowest BCUT2D eigenvalue weighted by Gasteiger charge is -2.23. The Morgan fingerprint density at radius 1 is 1.33 bits per heavy atom. The normalized spacial score (nSPS) is 19.7. The molecule has 0 aliphatic carbocycles. The largest absolute Gasteiger partial charge is 0.459 e. The van der Waals surface area contributed by atoms with Crippen LogP contribution in [0, 0.1) is 0 Å². The first-order valence-electron chi connectivity index (χ1n) is 7.38. The second-order valence-electron chi connectivity index (χ2n) is 5.39. The molecule has 0 saturated carbocycles. The zero-order chi connectivity index (χ0) is 14.7. The summed E-state index contributed by atoms with van der Waals surface area (Å²) in [5.74, 6) is 1.44. The lowest BCUT2D eigenvalue weighted by Crippen LogP contribution is -2.31. The number of hydrogen-bond donors (Lipinski definition) is 1. The second-order valence-corrected chi connectivity index (χ2v) is 7.15. The van der Waals surface area contributed by atoms with Crippen LogP contribution in [-0.2, 0) is 15.5 Å². The Morgan fingerprint density at radius 3 is 2.81 bits per heavy atom. The van der Waals surface area contributed by atoms with Gasteiger partial charge in [0.25, 0.3) is 0 Å². The Morgan fingerprint density at radius 2 is 2.10 bits per heavy atom. The van der Waals surface area contributed by atoms with Crippen molar-refractivity contribution in [3.05, 3.63) is 36.1 Å². The number of ether oxygens (including phenoxy) is 1. The molecule has 4 nitrogen and oxygen atoms in total. The molecule has 0 spiro atoms. The third kappa shape index (κ3) is 3.36. The van der Waals surface area contributed by atoms with Gasteiger partial charge in [0, 0.05) is 40.4 Å². The van der Waals surface area contributed by atoms with E-state index in [0.29, 0.717) is 5.75 Å². The third-order valence-electron chi connectivity index (χ3n) is 4.01. The van der Waals surface area contributed by atoms with E-state index in [1.165, 1.54) is 0 Å². The van der Waals surface area contributed by atoms with E-state index in [-0.39, 0.29) is 11.3 Å². The van der Waals surface area contributed by atoms with Crippen LogP contribution in [0.5, 0.6) is 0 Å². The monoisotopic (exact) mass is 307 g/mol. The topological polar surface area (TPSA) is 51.5 Å². The molecule has 1 aliphatic heterocycles. The van der Waals surface area contributed by atoms with Crippen molar-refractivity contribution in [1.82, 2.24) is 5.32 Å². The van der Waals surface area contributed by atoms with Crippen LogP contribution in [0.2, 0.25) is 0 Å². The minimum atomic E-state index is -0.861. The van der Waals surface area contributed by atoms with Crippen LogP contribution in [0.3, 0.4) is 0 Å². The summed E-state index contributed by atoms with van der Waals surface area (Å²) < 4.78 is 23.8. The van der Waals surface area contributed by atoms with Gasteiger partial charge in [0.15, 0.2) is 0 Å². The van der Waals surface area contributed by atoms with Crippen LogP contribution in [0.1, 0.15) is 24.6 Å². The number of benzene rings is 1. The number of furan rings is 1. The van der Waals surface area contributed by atoms with Gasteiger partial charge in [0.2, 0.25) is 0 Å². The Labute approximate surface area is 127 Å². The maximum absolute atomic E-state index is 12.5. The van der Waals surface area contributed by atoms with Crippen LogP contribution in [0.15, 0.2) is 34.7 Å². The average Bonchev–Trinajstić information content (AvgIpc) is 2.97. The van der Waals surface area contributed by atoms with Crippen molar-refractivity contribution in [2.45, 2.75) is 24.1 Å². The molecule has 5 heteroatoms. The highest BCUT2D eigenvalue weighted by Gasteiger charge is 2.24. The Hall–Kier alpha value is -1.17. The van der Waals surface area contributed by atoms with Gasteiger partial charge < -0.3 is 14.5 Å². The van der Waals surface area contributed by atoms with E-state index >= 15 is 0 Å². The Kier molecular flexibility index (Phi) is 4.73. The van der Waals surface area contributed by atoms with E-state index in [4.69, 9.17) is 9.15 Å². The van der Waals surface area contributed by atoms with E-state index in [1.54, 1.807) is 0 Å². The summed E-state index contributed by atoms with van der Waals surface area (Å²) in [4.78, 5) is 0. The highest BCUT2D eigenvalue weighted by atomic mass is 32.2. The molecule has 1 saturated heterocycles. The molecule has 2 atom stereocenters. The molecular formula is C16H21NO3S. The van der Waals surface area contributed by atoms with Gasteiger partial charge in [0.05, 0.1) is 6.04 Å². The summed E-state index contributed by atoms with van der Waals surface area (Å²) in [6.45, 7) is 1.45. The molecule has 1 aromatic carbocycles. The zero-order valence-corrected chi connectivity index (χ0v) is 13.0. The smallest absolute Gasteiger partial charge is 0.134 e. The number of para-hydroxylation sites is 1. The van der Waals surface area contributed by atoms with E-state index in [1.807, 2.05) is 37.4 Å². The SMILES string of the molecule is CNC(CS(=O)C1CCOCC1)c1cc2ccccc2o1. The van der Waals surface area contributed by atoms with Crippen molar-refractivity contribution in [2.24, 2.45) is 0 Å². The van der Waals surface area contributed by atoms with Crippen molar-refractivity contribution in [1.29, 1.82) is 0 Å². The quantitative estimate of drug-likeness (QED) is 0.922. The number of hydrogen-bond acceptors (Lipinski definition) is 4. The van der Waals surface area contributed by atoms with Crippen molar-refractivity contribution in [2.75, 3.05) is 26.0 Å². The Balaban J connectivity index is 1.73. The predicted octanol–water partition coefficient (Wildman–Crippen LogP) is 2.62. The molecule has 0 amide bonds. The molecule has 1 aromatic heterocycles. The first-order chi connectivity index (χ1) is 10.3. The van der Waals surface area contributed by atoms with Crippen molar-refractivity contribution in [3.63, 3.8) is 0 Å². The minimum absolute atomic E-state index is 0.0129. The van der Waals surface area contributed by atoms with Gasteiger partial charge in [0.1, 0.15) is 11.3 Å². The fourth-order valence-electron chi connectivity index (χ4n) is 2.72. The molecular weight excluding hydrogens is 286 g/mol. The number of rotatable bonds is 5. The summed E-state index contributed by atoms with van der Waals surface area (Å²) >= 11 is 0. The van der Waals surface area contributed by atoms with E-state index < -0.39 is 10.8 Å². The lowest BCUT2D eigenvalue weighted by atomic mass is 10.2. The van der Waals surface area contributed by atoms with Crippen molar-refractivity contribution in [3.8, 4) is 0 Å². The van der Waals surface area contributed by atoms with Crippen LogP contribution in [0.25, 0.3) is 11.0 Å². The zero-order valence-electron chi connectivity index (χ0n) is 12.2. The summed E-state index contributed by atoms with van der Waals surface area (Å²) in [5.41, 5.74) is 0.879. The molecule has 2 aromatic rings. The second kappa shape index (κ2) is 6.73. The van der Waals surface area contributed by atoms with Gasteiger partial charge in [-0.1, -0.05) is 18.2 Å². The number of fused-ring (bicyclic) bond motifs is 1. The highest BCUT2D eigenvalue weighted by Crippen LogP contribution is 2.25. The van der Waals surface area contributed by atoms with E-state index in [2.05, 4.69) is 5.32 Å². The molecule has 0 radical (unpaired) electrons. The van der Waals surface area contributed by atoms with Gasteiger partial charge >= 0.3 is 0 Å². The summed E-state index contributed by atoms with van der Waals surface area (Å²) in [6, 6.07) is 9.98. The lowest BCUT2D eigenvalue weighted by molar-refractivity contribution is 0.0991. The van der Waals surface area contributed by atoms with E-state index in [0.717, 1.165) is 42.8 Å². The van der Waals surface area contributed by atoms with Crippen LogP contribution < -0.4 is 5.32 Å².